The molecule has 2 aromatic rings. The van der Waals surface area contributed by atoms with Crippen LogP contribution in [0.5, 0.6) is 5.75 Å². The predicted molar refractivity (Wildman–Crippen MR) is 107 cm³/mol. The first-order valence-corrected chi connectivity index (χ1v) is 9.89. The molecule has 1 unspecified atom stereocenters. The number of anilines is 1. The van der Waals surface area contributed by atoms with Gasteiger partial charge in [0, 0.05) is 18.6 Å². The number of benzene rings is 1. The zero-order valence-electron chi connectivity index (χ0n) is 15.4. The highest BCUT2D eigenvalue weighted by molar-refractivity contribution is 6.54. The maximum atomic E-state index is 12.7. The van der Waals surface area contributed by atoms with Crippen LogP contribution in [0.25, 0.3) is 5.69 Å². The molecule has 1 aliphatic rings. The van der Waals surface area contributed by atoms with Crippen molar-refractivity contribution in [3.63, 3.8) is 0 Å². The number of halogens is 7. The Morgan fingerprint density at radius 3 is 2.32 bits per heavy atom. The van der Waals surface area contributed by atoms with Crippen LogP contribution >= 0.6 is 46.4 Å². The molecule has 31 heavy (non-hydrogen) atoms. The topological polar surface area (TPSA) is 103 Å². The molecule has 2 N–H and O–H groups in total. The first kappa shape index (κ1) is 23.6. The number of carbonyl (C=O) groups is 1. The number of nitrogens with two attached hydrogens (primary N) is 1. The summed E-state index contributed by atoms with van der Waals surface area (Å²) in [5, 5.41) is 12.9. The highest BCUT2D eigenvalue weighted by Gasteiger charge is 2.75. The molecule has 1 aromatic heterocycles. The Bertz CT molecular complexity index is 1090. The highest BCUT2D eigenvalue weighted by atomic mass is 35.5. The van der Waals surface area contributed by atoms with E-state index < -0.39 is 27.8 Å². The van der Waals surface area contributed by atoms with Gasteiger partial charge in [-0.2, -0.15) is 10.4 Å². The van der Waals surface area contributed by atoms with E-state index in [2.05, 4.69) is 9.84 Å². The minimum atomic E-state index is -4.97. The molecule has 7 nitrogen and oxygen atoms in total. The smallest absolute Gasteiger partial charge is 0.465 e. The van der Waals surface area contributed by atoms with Gasteiger partial charge < -0.3 is 15.2 Å². The van der Waals surface area contributed by atoms with Crippen molar-refractivity contribution in [2.75, 3.05) is 12.3 Å². The lowest BCUT2D eigenvalue weighted by atomic mass is 9.95. The summed E-state index contributed by atoms with van der Waals surface area (Å²) in [6.07, 6.45) is -5.07. The second-order valence-corrected chi connectivity index (χ2v) is 8.72. The number of ether oxygens (including phenoxy) is 2. The molecule has 0 aliphatic heterocycles. The number of alkyl halides is 5. The van der Waals surface area contributed by atoms with E-state index in [9.17, 15) is 23.2 Å². The molecule has 1 aromatic carbocycles. The number of nitrogens with zero attached hydrogens (tertiary/aromatic N) is 3. The third kappa shape index (κ3) is 3.96. The van der Waals surface area contributed by atoms with Crippen LogP contribution in [-0.4, -0.2) is 33.1 Å². The maximum absolute atomic E-state index is 12.7. The van der Waals surface area contributed by atoms with Crippen LogP contribution in [0.15, 0.2) is 12.1 Å². The van der Waals surface area contributed by atoms with E-state index in [1.54, 1.807) is 13.0 Å². The summed E-state index contributed by atoms with van der Waals surface area (Å²) in [5.41, 5.74) is 3.95. The van der Waals surface area contributed by atoms with Gasteiger partial charge in [0.05, 0.1) is 22.2 Å². The third-order valence-electron chi connectivity index (χ3n) is 4.50. The second-order valence-electron chi connectivity index (χ2n) is 6.42. The van der Waals surface area contributed by atoms with Crippen molar-refractivity contribution in [2.24, 2.45) is 0 Å². The lowest BCUT2D eigenvalue weighted by Gasteiger charge is -2.17. The van der Waals surface area contributed by atoms with Crippen molar-refractivity contribution in [3.05, 3.63) is 33.4 Å². The van der Waals surface area contributed by atoms with Gasteiger partial charge >= 0.3 is 12.3 Å². The van der Waals surface area contributed by atoms with Gasteiger partial charge in [0.2, 0.25) is 0 Å². The Morgan fingerprint density at radius 2 is 1.90 bits per heavy atom. The van der Waals surface area contributed by atoms with E-state index in [0.29, 0.717) is 0 Å². The maximum Gasteiger partial charge on any atom is 0.573 e. The molecular weight excluding hydrogens is 507 g/mol. The summed E-state index contributed by atoms with van der Waals surface area (Å²) < 4.78 is 45.6. The van der Waals surface area contributed by atoms with Crippen molar-refractivity contribution in [2.45, 2.75) is 29.5 Å². The Morgan fingerprint density at radius 1 is 1.35 bits per heavy atom. The van der Waals surface area contributed by atoms with Crippen LogP contribution in [0.1, 0.15) is 24.6 Å². The van der Waals surface area contributed by atoms with Crippen molar-refractivity contribution in [3.8, 4) is 17.5 Å². The van der Waals surface area contributed by atoms with Crippen molar-refractivity contribution >= 4 is 58.2 Å². The molecule has 0 amide bonds. The fourth-order valence-electron chi connectivity index (χ4n) is 3.18. The predicted octanol–water partition coefficient (Wildman–Crippen LogP) is 4.91. The van der Waals surface area contributed by atoms with E-state index in [0.717, 1.165) is 16.8 Å². The van der Waals surface area contributed by atoms with Crippen LogP contribution in [0, 0.1) is 11.3 Å². The zero-order valence-corrected chi connectivity index (χ0v) is 18.4. The fraction of sp³-hybridized carbons (Fsp3) is 0.353. The van der Waals surface area contributed by atoms with E-state index in [1.807, 2.05) is 0 Å². The Kier molecular flexibility index (Phi) is 5.95. The Balaban J connectivity index is 2.18. The lowest BCUT2D eigenvalue weighted by molar-refractivity contribution is -0.274. The number of nitriles is 1. The number of carbonyl (C=O) groups excluding carboxylic acids is 1. The van der Waals surface area contributed by atoms with Gasteiger partial charge in [0.1, 0.15) is 33.1 Å². The molecule has 0 saturated heterocycles. The number of rotatable bonds is 5. The summed E-state index contributed by atoms with van der Waals surface area (Å²) in [6, 6.07) is 3.48. The van der Waals surface area contributed by atoms with Crippen LogP contribution in [0.4, 0.5) is 19.0 Å². The van der Waals surface area contributed by atoms with Gasteiger partial charge in [-0.15, -0.1) is 13.2 Å². The summed E-state index contributed by atoms with van der Waals surface area (Å²) in [6.45, 7) is 1.58. The molecule has 1 heterocycles. The normalized spacial score (nSPS) is 19.6. The fourth-order valence-corrected chi connectivity index (χ4v) is 4.55. The Hall–Kier alpha value is -2.06. The van der Waals surface area contributed by atoms with E-state index in [1.165, 1.54) is 0 Å². The average molecular weight is 518 g/mol. The highest BCUT2D eigenvalue weighted by Crippen LogP contribution is 2.67. The minimum Gasteiger partial charge on any atom is -0.465 e. The van der Waals surface area contributed by atoms with Crippen LogP contribution in [-0.2, 0) is 14.9 Å². The van der Waals surface area contributed by atoms with Crippen molar-refractivity contribution in [1.82, 2.24) is 9.78 Å². The summed E-state index contributed by atoms with van der Waals surface area (Å²) in [5.74, 6) is -1.75. The van der Waals surface area contributed by atoms with E-state index in [-0.39, 0.29) is 45.8 Å². The number of nitrogen functional groups attached to an aromatic ring is 1. The number of esters is 1. The minimum absolute atomic E-state index is 0.0126. The second kappa shape index (κ2) is 7.81. The van der Waals surface area contributed by atoms with Crippen LogP contribution in [0.2, 0.25) is 10.0 Å². The monoisotopic (exact) mass is 516 g/mol. The van der Waals surface area contributed by atoms with Crippen LogP contribution in [0.3, 0.4) is 0 Å². The molecule has 166 valence electrons. The van der Waals surface area contributed by atoms with Gasteiger partial charge in [0.25, 0.3) is 0 Å². The number of aromatic nitrogens is 2. The summed E-state index contributed by atoms with van der Waals surface area (Å²) >= 11 is 24.6. The van der Waals surface area contributed by atoms with Gasteiger partial charge in [0.15, 0.2) is 5.69 Å². The van der Waals surface area contributed by atoms with E-state index >= 15 is 0 Å². The van der Waals surface area contributed by atoms with Gasteiger partial charge in [-0.3, -0.25) is 4.79 Å². The average Bonchev–Trinajstić information content (AvgIpc) is 3.05. The first-order valence-electron chi connectivity index (χ1n) is 8.38. The summed E-state index contributed by atoms with van der Waals surface area (Å²) in [4.78, 5) is 12.7. The molecule has 0 bridgehead atoms. The van der Waals surface area contributed by atoms with E-state index in [4.69, 9.17) is 56.9 Å². The molecule has 14 heteroatoms. The van der Waals surface area contributed by atoms with Crippen molar-refractivity contribution in [1.29, 1.82) is 5.26 Å². The molecular formula is C17H11Cl4F3N4O3. The molecule has 3 rings (SSSR count). The first-order chi connectivity index (χ1) is 14.3. The molecule has 0 radical (unpaired) electrons. The number of hydrogen-bond donors (Lipinski definition) is 1. The van der Waals surface area contributed by atoms with Gasteiger partial charge in [-0.1, -0.05) is 46.4 Å². The standard InChI is InChI=1S/C17H11Cl4F3N4O3/c1-2-30-14(29)15(6-16(15,20)21)11-10(5-25)27-28(13(11)26)12-8(18)3-7(4-9(12)19)31-17(22,23)24/h3-4H,2,6,26H2,1H3. The molecule has 1 fully saturated rings. The largest absolute Gasteiger partial charge is 0.573 e. The third-order valence-corrected chi connectivity index (χ3v) is 5.99. The quantitative estimate of drug-likeness (QED) is 0.446. The number of hydrogen-bond acceptors (Lipinski definition) is 6. The van der Waals surface area contributed by atoms with Crippen LogP contribution < -0.4 is 10.5 Å². The molecule has 1 atom stereocenters. The molecule has 1 saturated carbocycles. The van der Waals surface area contributed by atoms with Gasteiger partial charge in [-0.25, -0.2) is 4.68 Å². The zero-order chi connectivity index (χ0) is 23.4. The SMILES string of the molecule is CCOC(=O)C1(c2c(C#N)nn(-c3c(Cl)cc(OC(F)(F)F)cc3Cl)c2N)CC1(Cl)Cl. The van der Waals surface area contributed by atoms with Crippen molar-refractivity contribution < 1.29 is 27.4 Å². The van der Waals surface area contributed by atoms with Gasteiger partial charge in [-0.05, 0) is 6.92 Å². The summed E-state index contributed by atoms with van der Waals surface area (Å²) in [7, 11) is 0. The Labute approximate surface area is 193 Å². The molecule has 0 spiro atoms. The lowest BCUT2D eigenvalue weighted by Crippen LogP contribution is -2.30. The molecule has 1 aliphatic carbocycles.